The van der Waals surface area contributed by atoms with Crippen molar-refractivity contribution in [3.8, 4) is 5.75 Å². The van der Waals surface area contributed by atoms with Crippen LogP contribution in [0.25, 0.3) is 0 Å². The fourth-order valence-electron chi connectivity index (χ4n) is 2.03. The number of phenols is 1. The molecular formula is C15H17NO2S. The highest BCUT2D eigenvalue weighted by atomic mass is 32.1. The minimum Gasteiger partial charge on any atom is -0.508 e. The van der Waals surface area contributed by atoms with Gasteiger partial charge in [0.25, 0.3) is 5.91 Å². The van der Waals surface area contributed by atoms with Crippen LogP contribution < -0.4 is 4.90 Å². The highest BCUT2D eigenvalue weighted by molar-refractivity contribution is 7.12. The molecule has 1 heterocycles. The predicted molar refractivity (Wildman–Crippen MR) is 79.2 cm³/mol. The van der Waals surface area contributed by atoms with Gasteiger partial charge in [-0.25, -0.2) is 0 Å². The largest absolute Gasteiger partial charge is 0.508 e. The van der Waals surface area contributed by atoms with Crippen molar-refractivity contribution in [2.45, 2.75) is 20.3 Å². The molecule has 0 bridgehead atoms. The monoisotopic (exact) mass is 275 g/mol. The molecule has 1 N–H and O–H groups in total. The number of rotatable bonds is 4. The molecule has 19 heavy (non-hydrogen) atoms. The molecule has 1 aromatic heterocycles. The third-order valence-electron chi connectivity index (χ3n) is 3.02. The zero-order valence-corrected chi connectivity index (χ0v) is 11.9. The first-order valence-electron chi connectivity index (χ1n) is 6.34. The Hall–Kier alpha value is -1.81. The molecule has 2 rings (SSSR count). The van der Waals surface area contributed by atoms with Gasteiger partial charge in [0.15, 0.2) is 0 Å². The molecule has 1 aromatic carbocycles. The molecule has 0 saturated carbocycles. The molecule has 0 fully saturated rings. The van der Waals surface area contributed by atoms with Crippen LogP contribution in [-0.2, 0) is 6.42 Å². The zero-order chi connectivity index (χ0) is 13.8. The van der Waals surface area contributed by atoms with E-state index in [0.717, 1.165) is 22.5 Å². The van der Waals surface area contributed by atoms with Gasteiger partial charge < -0.3 is 10.0 Å². The summed E-state index contributed by atoms with van der Waals surface area (Å²) >= 11 is 1.47. The van der Waals surface area contributed by atoms with Gasteiger partial charge in [0.2, 0.25) is 0 Å². The Morgan fingerprint density at radius 1 is 1.32 bits per heavy atom. The highest BCUT2D eigenvalue weighted by Gasteiger charge is 2.20. The highest BCUT2D eigenvalue weighted by Crippen LogP contribution is 2.25. The van der Waals surface area contributed by atoms with Crippen molar-refractivity contribution in [1.82, 2.24) is 0 Å². The number of aryl methyl sites for hydroxylation is 1. The third kappa shape index (κ3) is 2.79. The van der Waals surface area contributed by atoms with E-state index in [9.17, 15) is 9.90 Å². The van der Waals surface area contributed by atoms with Crippen LogP contribution >= 0.6 is 11.3 Å². The molecule has 1 amide bonds. The molecule has 0 aliphatic carbocycles. The van der Waals surface area contributed by atoms with Crippen LogP contribution in [0.3, 0.4) is 0 Å². The molecule has 3 nitrogen and oxygen atoms in total. The van der Waals surface area contributed by atoms with Crippen LogP contribution in [0.2, 0.25) is 0 Å². The average Bonchev–Trinajstić information content (AvgIpc) is 2.87. The lowest BCUT2D eigenvalue weighted by Crippen LogP contribution is -2.30. The molecule has 0 aliphatic heterocycles. The summed E-state index contributed by atoms with van der Waals surface area (Å²) in [5.74, 6) is 0.172. The Kier molecular flexibility index (Phi) is 4.22. The number of hydrogen-bond acceptors (Lipinski definition) is 3. The summed E-state index contributed by atoms with van der Waals surface area (Å²) < 4.78 is 0. The van der Waals surface area contributed by atoms with Crippen LogP contribution in [0.5, 0.6) is 5.75 Å². The Balaban J connectivity index is 2.35. The molecule has 0 atom stereocenters. The number of thiophene rings is 1. The number of nitrogens with zero attached hydrogens (tertiary/aromatic N) is 1. The maximum atomic E-state index is 12.6. The van der Waals surface area contributed by atoms with Crippen molar-refractivity contribution in [2.24, 2.45) is 0 Å². The van der Waals surface area contributed by atoms with Gasteiger partial charge in [-0.1, -0.05) is 13.0 Å². The molecule has 0 spiro atoms. The summed E-state index contributed by atoms with van der Waals surface area (Å²) in [6.07, 6.45) is 0.849. The van der Waals surface area contributed by atoms with Gasteiger partial charge in [-0.3, -0.25) is 4.79 Å². The quantitative estimate of drug-likeness (QED) is 0.924. The van der Waals surface area contributed by atoms with Gasteiger partial charge in [0.1, 0.15) is 5.75 Å². The molecule has 0 unspecified atom stereocenters. The van der Waals surface area contributed by atoms with Crippen molar-refractivity contribution in [2.75, 3.05) is 11.4 Å². The third-order valence-corrected chi connectivity index (χ3v) is 3.97. The summed E-state index contributed by atoms with van der Waals surface area (Å²) in [6, 6.07) is 8.79. The van der Waals surface area contributed by atoms with Gasteiger partial charge in [-0.15, -0.1) is 11.3 Å². The van der Waals surface area contributed by atoms with E-state index in [1.807, 2.05) is 31.4 Å². The van der Waals surface area contributed by atoms with E-state index in [0.29, 0.717) is 6.54 Å². The molecule has 2 aromatic rings. The fourth-order valence-corrected chi connectivity index (χ4v) is 2.97. The Labute approximate surface area is 117 Å². The number of anilines is 1. The summed E-state index contributed by atoms with van der Waals surface area (Å²) in [6.45, 7) is 4.55. The summed E-state index contributed by atoms with van der Waals surface area (Å²) in [5, 5.41) is 11.5. The topological polar surface area (TPSA) is 40.5 Å². The standard InChI is InChI=1S/C15H17NO2S/c1-3-11-8-9-19-14(11)15(18)16(4-2)12-6-5-7-13(17)10-12/h5-10,17H,3-4H2,1-2H3. The smallest absolute Gasteiger partial charge is 0.268 e. The van der Waals surface area contributed by atoms with Crippen molar-refractivity contribution in [3.05, 3.63) is 46.2 Å². The maximum absolute atomic E-state index is 12.6. The lowest BCUT2D eigenvalue weighted by Gasteiger charge is -2.21. The first-order valence-corrected chi connectivity index (χ1v) is 7.22. The molecule has 100 valence electrons. The van der Waals surface area contributed by atoms with Crippen molar-refractivity contribution >= 4 is 22.9 Å². The minimum absolute atomic E-state index is 0.0000463. The van der Waals surface area contributed by atoms with Crippen molar-refractivity contribution in [1.29, 1.82) is 0 Å². The van der Waals surface area contributed by atoms with E-state index in [1.54, 1.807) is 23.1 Å². The lowest BCUT2D eigenvalue weighted by molar-refractivity contribution is 0.0991. The van der Waals surface area contributed by atoms with E-state index >= 15 is 0 Å². The molecular weight excluding hydrogens is 258 g/mol. The second-order valence-electron chi connectivity index (χ2n) is 4.20. The summed E-state index contributed by atoms with van der Waals surface area (Å²) in [4.78, 5) is 15.1. The predicted octanol–water partition coefficient (Wildman–Crippen LogP) is 3.68. The number of carbonyl (C=O) groups excluding carboxylic acids is 1. The number of hydrogen-bond donors (Lipinski definition) is 1. The van der Waals surface area contributed by atoms with Crippen molar-refractivity contribution < 1.29 is 9.90 Å². The lowest BCUT2D eigenvalue weighted by atomic mass is 10.2. The minimum atomic E-state index is -0.0000463. The zero-order valence-electron chi connectivity index (χ0n) is 11.1. The van der Waals surface area contributed by atoms with Gasteiger partial charge in [-0.2, -0.15) is 0 Å². The van der Waals surface area contributed by atoms with Gasteiger partial charge in [-0.05, 0) is 42.5 Å². The second kappa shape index (κ2) is 5.89. The fraction of sp³-hybridized carbons (Fsp3) is 0.267. The molecule has 0 aliphatic rings. The second-order valence-corrected chi connectivity index (χ2v) is 5.11. The van der Waals surface area contributed by atoms with Gasteiger partial charge in [0, 0.05) is 18.3 Å². The van der Waals surface area contributed by atoms with E-state index < -0.39 is 0 Å². The van der Waals surface area contributed by atoms with Gasteiger partial charge >= 0.3 is 0 Å². The Morgan fingerprint density at radius 2 is 2.11 bits per heavy atom. The maximum Gasteiger partial charge on any atom is 0.268 e. The normalized spacial score (nSPS) is 10.4. The number of benzene rings is 1. The first-order chi connectivity index (χ1) is 9.17. The van der Waals surface area contributed by atoms with E-state index in [4.69, 9.17) is 0 Å². The summed E-state index contributed by atoms with van der Waals surface area (Å²) in [5.41, 5.74) is 1.80. The number of amides is 1. The molecule has 0 radical (unpaired) electrons. The number of carbonyl (C=O) groups is 1. The number of phenolic OH excluding ortho intramolecular Hbond substituents is 1. The molecule has 4 heteroatoms. The summed E-state index contributed by atoms with van der Waals surface area (Å²) in [7, 11) is 0. The van der Waals surface area contributed by atoms with Crippen LogP contribution in [0.15, 0.2) is 35.7 Å². The van der Waals surface area contributed by atoms with Crippen LogP contribution in [-0.4, -0.2) is 17.6 Å². The van der Waals surface area contributed by atoms with Crippen LogP contribution in [0.1, 0.15) is 29.1 Å². The van der Waals surface area contributed by atoms with E-state index in [-0.39, 0.29) is 11.7 Å². The number of aromatic hydroxyl groups is 1. The average molecular weight is 275 g/mol. The van der Waals surface area contributed by atoms with Crippen LogP contribution in [0.4, 0.5) is 5.69 Å². The van der Waals surface area contributed by atoms with Crippen LogP contribution in [0, 0.1) is 0 Å². The van der Waals surface area contributed by atoms with E-state index in [1.165, 1.54) is 11.3 Å². The Morgan fingerprint density at radius 3 is 2.74 bits per heavy atom. The van der Waals surface area contributed by atoms with Gasteiger partial charge in [0.05, 0.1) is 4.88 Å². The first kappa shape index (κ1) is 13.6. The Bertz CT molecular complexity index is 577. The molecule has 0 saturated heterocycles. The SMILES string of the molecule is CCc1ccsc1C(=O)N(CC)c1cccc(O)c1. The van der Waals surface area contributed by atoms with Crippen molar-refractivity contribution in [3.63, 3.8) is 0 Å². The van der Waals surface area contributed by atoms with E-state index in [2.05, 4.69) is 0 Å².